The van der Waals surface area contributed by atoms with Gasteiger partial charge < -0.3 is 4.74 Å². The van der Waals surface area contributed by atoms with Gasteiger partial charge in [0.1, 0.15) is 0 Å². The zero-order chi connectivity index (χ0) is 13.8. The molecule has 4 heteroatoms. The van der Waals surface area contributed by atoms with E-state index in [4.69, 9.17) is 10.6 Å². The molecule has 3 N–H and O–H groups in total. The number of nitrogens with two attached hydrogens (primary N) is 1. The number of rotatable bonds is 6. The number of hydrogen-bond donors (Lipinski definition) is 2. The number of benzene rings is 1. The molecule has 0 saturated carbocycles. The molecule has 0 radical (unpaired) electrons. The molecule has 1 aromatic carbocycles. The molecular formula is C16H22N2OS. The summed E-state index contributed by atoms with van der Waals surface area (Å²) in [6.45, 7) is 0.943. The summed E-state index contributed by atoms with van der Waals surface area (Å²) in [5.74, 6) is 5.77. The molecule has 1 fully saturated rings. The van der Waals surface area contributed by atoms with Crippen LogP contribution in [0.4, 0.5) is 0 Å². The minimum Gasteiger partial charge on any atom is -0.378 e. The van der Waals surface area contributed by atoms with E-state index in [0.29, 0.717) is 6.10 Å². The maximum absolute atomic E-state index is 5.77. The first-order chi connectivity index (χ1) is 9.88. The first-order valence-electron chi connectivity index (χ1n) is 7.42. The minimum atomic E-state index is 0.243. The summed E-state index contributed by atoms with van der Waals surface area (Å²) in [7, 11) is 0. The normalized spacial score (nSPS) is 20.6. The molecule has 3 rings (SSSR count). The van der Waals surface area contributed by atoms with Crippen molar-refractivity contribution in [2.75, 3.05) is 6.61 Å². The van der Waals surface area contributed by atoms with Gasteiger partial charge in [0, 0.05) is 17.3 Å². The topological polar surface area (TPSA) is 47.3 Å². The highest BCUT2D eigenvalue weighted by Gasteiger charge is 2.18. The van der Waals surface area contributed by atoms with Crippen molar-refractivity contribution in [3.05, 3.63) is 35.2 Å². The summed E-state index contributed by atoms with van der Waals surface area (Å²) in [4.78, 5) is 0. The monoisotopic (exact) mass is 290 g/mol. The fraction of sp³-hybridized carbons (Fsp3) is 0.500. The Morgan fingerprint density at radius 2 is 2.30 bits per heavy atom. The van der Waals surface area contributed by atoms with Crippen LogP contribution in [0.1, 0.15) is 43.7 Å². The molecule has 1 saturated heterocycles. The molecule has 2 heterocycles. The zero-order valence-electron chi connectivity index (χ0n) is 11.7. The molecule has 0 spiro atoms. The third kappa shape index (κ3) is 3.04. The van der Waals surface area contributed by atoms with Crippen LogP contribution >= 0.6 is 11.3 Å². The van der Waals surface area contributed by atoms with E-state index in [-0.39, 0.29) is 6.04 Å². The van der Waals surface area contributed by atoms with Gasteiger partial charge in [-0.1, -0.05) is 18.2 Å². The van der Waals surface area contributed by atoms with Crippen LogP contribution in [-0.4, -0.2) is 12.7 Å². The maximum Gasteiger partial charge on any atom is 0.0576 e. The molecule has 0 aliphatic carbocycles. The lowest BCUT2D eigenvalue weighted by atomic mass is 9.99. The Morgan fingerprint density at radius 1 is 1.40 bits per heavy atom. The third-order valence-electron chi connectivity index (χ3n) is 4.13. The van der Waals surface area contributed by atoms with Crippen molar-refractivity contribution >= 4 is 21.4 Å². The summed E-state index contributed by atoms with van der Waals surface area (Å²) in [5.41, 5.74) is 4.32. The van der Waals surface area contributed by atoms with Crippen molar-refractivity contribution in [2.24, 2.45) is 5.84 Å². The smallest absolute Gasteiger partial charge is 0.0576 e. The number of hydrazine groups is 1. The van der Waals surface area contributed by atoms with Gasteiger partial charge in [-0.2, -0.15) is 0 Å². The molecule has 3 nitrogen and oxygen atoms in total. The Morgan fingerprint density at radius 3 is 3.10 bits per heavy atom. The van der Waals surface area contributed by atoms with Crippen molar-refractivity contribution in [3.63, 3.8) is 0 Å². The highest BCUT2D eigenvalue weighted by atomic mass is 32.1. The van der Waals surface area contributed by atoms with Crippen LogP contribution < -0.4 is 11.3 Å². The zero-order valence-corrected chi connectivity index (χ0v) is 12.5. The van der Waals surface area contributed by atoms with Crippen LogP contribution in [0.15, 0.2) is 29.6 Å². The Balaban J connectivity index is 1.63. The lowest BCUT2D eigenvalue weighted by Gasteiger charge is -2.16. The first-order valence-corrected chi connectivity index (χ1v) is 8.30. The highest BCUT2D eigenvalue weighted by molar-refractivity contribution is 7.17. The van der Waals surface area contributed by atoms with Gasteiger partial charge in [0.15, 0.2) is 0 Å². The van der Waals surface area contributed by atoms with E-state index in [2.05, 4.69) is 35.1 Å². The van der Waals surface area contributed by atoms with Crippen LogP contribution in [0.3, 0.4) is 0 Å². The molecular weight excluding hydrogens is 268 g/mol. The molecule has 2 unspecified atom stereocenters. The van der Waals surface area contributed by atoms with Crippen LogP contribution in [-0.2, 0) is 4.74 Å². The van der Waals surface area contributed by atoms with Crippen molar-refractivity contribution in [1.82, 2.24) is 5.43 Å². The van der Waals surface area contributed by atoms with Crippen LogP contribution in [0.25, 0.3) is 10.1 Å². The summed E-state index contributed by atoms with van der Waals surface area (Å²) < 4.78 is 7.01. The Bertz CT molecular complexity index is 548. The van der Waals surface area contributed by atoms with Crippen molar-refractivity contribution < 1.29 is 4.74 Å². The van der Waals surface area contributed by atoms with E-state index < -0.39 is 0 Å². The fourth-order valence-corrected chi connectivity index (χ4v) is 4.03. The fourth-order valence-electron chi connectivity index (χ4n) is 3.02. The summed E-state index contributed by atoms with van der Waals surface area (Å²) in [6, 6.07) is 8.78. The van der Waals surface area contributed by atoms with Gasteiger partial charge in [0.25, 0.3) is 0 Å². The van der Waals surface area contributed by atoms with E-state index in [9.17, 15) is 0 Å². The summed E-state index contributed by atoms with van der Waals surface area (Å²) >= 11 is 1.80. The van der Waals surface area contributed by atoms with Gasteiger partial charge >= 0.3 is 0 Å². The van der Waals surface area contributed by atoms with Gasteiger partial charge in [0.2, 0.25) is 0 Å². The maximum atomic E-state index is 5.77. The quantitative estimate of drug-likeness (QED) is 0.629. The van der Waals surface area contributed by atoms with Gasteiger partial charge in [-0.3, -0.25) is 11.3 Å². The number of hydrogen-bond acceptors (Lipinski definition) is 4. The van der Waals surface area contributed by atoms with E-state index in [1.54, 1.807) is 11.3 Å². The largest absolute Gasteiger partial charge is 0.378 e. The second kappa shape index (κ2) is 6.68. The number of nitrogens with one attached hydrogen (secondary N) is 1. The third-order valence-corrected chi connectivity index (χ3v) is 5.11. The SMILES string of the molecule is NNC(CCCC1CCCO1)c1csc2ccccc12. The molecule has 0 amide bonds. The average molecular weight is 290 g/mol. The second-order valence-electron chi connectivity index (χ2n) is 5.47. The number of fused-ring (bicyclic) bond motifs is 1. The van der Waals surface area contributed by atoms with Crippen LogP contribution in [0.2, 0.25) is 0 Å². The van der Waals surface area contributed by atoms with Gasteiger partial charge in [-0.25, -0.2) is 0 Å². The van der Waals surface area contributed by atoms with E-state index in [1.165, 1.54) is 28.5 Å². The molecule has 1 aromatic heterocycles. The highest BCUT2D eigenvalue weighted by Crippen LogP contribution is 2.32. The summed E-state index contributed by atoms with van der Waals surface area (Å²) in [6.07, 6.45) is 6.30. The molecule has 0 bridgehead atoms. The lowest BCUT2D eigenvalue weighted by Crippen LogP contribution is -2.28. The Kier molecular flexibility index (Phi) is 4.68. The van der Waals surface area contributed by atoms with Gasteiger partial charge in [-0.15, -0.1) is 11.3 Å². The molecule has 1 aliphatic rings. The standard InChI is InChI=1S/C16H22N2OS/c17-18-15(8-3-5-12-6-4-10-19-12)14-11-20-16-9-2-1-7-13(14)16/h1-2,7,9,11-12,15,18H,3-6,8,10,17H2. The van der Waals surface area contributed by atoms with Gasteiger partial charge in [0.05, 0.1) is 6.10 Å². The predicted octanol–water partition coefficient (Wildman–Crippen LogP) is 3.76. The van der Waals surface area contributed by atoms with E-state index >= 15 is 0 Å². The number of ether oxygens (including phenoxy) is 1. The predicted molar refractivity (Wildman–Crippen MR) is 84.7 cm³/mol. The minimum absolute atomic E-state index is 0.243. The average Bonchev–Trinajstić information content (AvgIpc) is 3.13. The Hall–Kier alpha value is -0.940. The first kappa shape index (κ1) is 14.0. The second-order valence-corrected chi connectivity index (χ2v) is 6.38. The van der Waals surface area contributed by atoms with Crippen molar-refractivity contribution in [1.29, 1.82) is 0 Å². The van der Waals surface area contributed by atoms with Crippen LogP contribution in [0.5, 0.6) is 0 Å². The van der Waals surface area contributed by atoms with Gasteiger partial charge in [-0.05, 0) is 54.5 Å². The number of thiophene rings is 1. The molecule has 108 valence electrons. The Labute approximate surface area is 124 Å². The molecule has 2 atom stereocenters. The van der Waals surface area contributed by atoms with Crippen molar-refractivity contribution in [2.45, 2.75) is 44.2 Å². The molecule has 2 aromatic rings. The lowest BCUT2D eigenvalue weighted by molar-refractivity contribution is 0.101. The molecule has 1 aliphatic heterocycles. The van der Waals surface area contributed by atoms with Crippen LogP contribution in [0, 0.1) is 0 Å². The molecule has 20 heavy (non-hydrogen) atoms. The van der Waals surface area contributed by atoms with E-state index in [1.807, 2.05) is 0 Å². The van der Waals surface area contributed by atoms with Crippen molar-refractivity contribution in [3.8, 4) is 0 Å². The van der Waals surface area contributed by atoms with E-state index in [0.717, 1.165) is 25.9 Å². The summed E-state index contributed by atoms with van der Waals surface area (Å²) in [5, 5.41) is 3.57.